The first-order chi connectivity index (χ1) is 16.4. The molecule has 2 amide bonds. The van der Waals surface area contributed by atoms with Gasteiger partial charge >= 0.3 is 0 Å². The fourth-order valence-corrected chi connectivity index (χ4v) is 4.43. The lowest BCUT2D eigenvalue weighted by molar-refractivity contribution is -0.128. The number of thiazole rings is 1. The molecule has 1 unspecified atom stereocenters. The van der Waals surface area contributed by atoms with E-state index in [9.17, 15) is 9.59 Å². The van der Waals surface area contributed by atoms with E-state index in [1.54, 1.807) is 32.5 Å². The number of aryl methyl sites for hydroxylation is 1. The van der Waals surface area contributed by atoms with Crippen LogP contribution in [0.3, 0.4) is 0 Å². The average molecular weight is 482 g/mol. The number of carbonyl (C=O) groups is 2. The number of nitrogens with zero attached hydrogens (tertiary/aromatic N) is 2. The zero-order valence-corrected chi connectivity index (χ0v) is 20.4. The molecule has 8 nitrogen and oxygen atoms in total. The van der Waals surface area contributed by atoms with Crippen molar-refractivity contribution in [2.75, 3.05) is 32.2 Å². The molecule has 0 saturated carbocycles. The van der Waals surface area contributed by atoms with Gasteiger partial charge in [0.05, 0.1) is 30.6 Å². The van der Waals surface area contributed by atoms with Gasteiger partial charge in [-0.15, -0.1) is 11.3 Å². The van der Waals surface area contributed by atoms with Gasteiger partial charge in [-0.25, -0.2) is 4.98 Å². The molecule has 0 aliphatic carbocycles. The fourth-order valence-electron chi connectivity index (χ4n) is 3.81. The van der Waals surface area contributed by atoms with Crippen LogP contribution in [0.2, 0.25) is 0 Å². The summed E-state index contributed by atoms with van der Waals surface area (Å²) in [7, 11) is 3.17. The number of hydrogen-bond donors (Lipinski definition) is 1. The Morgan fingerprint density at radius 1 is 1.18 bits per heavy atom. The first-order valence-electron chi connectivity index (χ1n) is 10.9. The van der Waals surface area contributed by atoms with Crippen LogP contribution in [0.25, 0.3) is 11.3 Å². The van der Waals surface area contributed by atoms with E-state index < -0.39 is 6.10 Å². The number of amides is 2. The van der Waals surface area contributed by atoms with Crippen LogP contribution in [0.1, 0.15) is 17.5 Å². The molecule has 0 fully saturated rings. The molecule has 1 aliphatic heterocycles. The van der Waals surface area contributed by atoms with E-state index in [0.717, 1.165) is 21.8 Å². The number of carbonyl (C=O) groups excluding carboxylic acids is 2. The van der Waals surface area contributed by atoms with Gasteiger partial charge in [-0.05, 0) is 56.2 Å². The molecular weight excluding hydrogens is 454 g/mol. The number of rotatable bonds is 8. The third-order valence-corrected chi connectivity index (χ3v) is 6.34. The summed E-state index contributed by atoms with van der Waals surface area (Å²) in [5, 5.41) is 5.83. The number of nitrogens with one attached hydrogen (secondary N) is 1. The highest BCUT2D eigenvalue weighted by molar-refractivity contribution is 7.09. The second-order valence-electron chi connectivity index (χ2n) is 7.91. The van der Waals surface area contributed by atoms with Crippen molar-refractivity contribution in [2.45, 2.75) is 26.4 Å². The summed E-state index contributed by atoms with van der Waals surface area (Å²) in [6.07, 6.45) is -0.0526. The number of ether oxygens (including phenoxy) is 3. The highest BCUT2D eigenvalue weighted by Crippen LogP contribution is 2.37. The van der Waals surface area contributed by atoms with Crippen LogP contribution in [0, 0.1) is 6.92 Å². The van der Waals surface area contributed by atoms with Crippen LogP contribution >= 0.6 is 11.3 Å². The Hall–Kier alpha value is -3.59. The van der Waals surface area contributed by atoms with Gasteiger partial charge in [-0.3, -0.25) is 14.5 Å². The first-order valence-corrected chi connectivity index (χ1v) is 11.8. The van der Waals surface area contributed by atoms with Crippen molar-refractivity contribution in [3.05, 3.63) is 52.3 Å². The van der Waals surface area contributed by atoms with Crippen molar-refractivity contribution in [1.29, 1.82) is 0 Å². The van der Waals surface area contributed by atoms with E-state index >= 15 is 0 Å². The van der Waals surface area contributed by atoms with E-state index in [-0.39, 0.29) is 18.4 Å². The summed E-state index contributed by atoms with van der Waals surface area (Å²) >= 11 is 1.56. The second kappa shape index (κ2) is 10.1. The lowest BCUT2D eigenvalue weighted by Gasteiger charge is -2.32. The SMILES string of the molecule is COc1ccc(CCNC(=O)CN2C(=O)C(C)Oc3ccc(-c4csc(C)n4)cc32)cc1OC. The van der Waals surface area contributed by atoms with Crippen LogP contribution in [0.4, 0.5) is 5.69 Å². The minimum atomic E-state index is -0.667. The average Bonchev–Trinajstić information content (AvgIpc) is 3.28. The van der Waals surface area contributed by atoms with E-state index in [2.05, 4.69) is 10.3 Å². The van der Waals surface area contributed by atoms with Crippen LogP contribution in [0.5, 0.6) is 17.2 Å². The van der Waals surface area contributed by atoms with E-state index in [1.807, 2.05) is 48.7 Å². The number of anilines is 1. The van der Waals surface area contributed by atoms with Gasteiger partial charge in [-0.2, -0.15) is 0 Å². The number of benzene rings is 2. The maximum atomic E-state index is 12.9. The van der Waals surface area contributed by atoms with Crippen molar-refractivity contribution in [1.82, 2.24) is 10.3 Å². The number of fused-ring (bicyclic) bond motifs is 1. The Morgan fingerprint density at radius 3 is 2.68 bits per heavy atom. The minimum Gasteiger partial charge on any atom is -0.493 e. The summed E-state index contributed by atoms with van der Waals surface area (Å²) in [5.74, 6) is 1.36. The lowest BCUT2D eigenvalue weighted by Crippen LogP contribution is -2.49. The first kappa shape index (κ1) is 23.6. The van der Waals surface area contributed by atoms with Crippen molar-refractivity contribution < 1.29 is 23.8 Å². The van der Waals surface area contributed by atoms with Crippen molar-refractivity contribution in [3.8, 4) is 28.5 Å². The fraction of sp³-hybridized carbons (Fsp3) is 0.320. The van der Waals surface area contributed by atoms with Crippen LogP contribution < -0.4 is 24.4 Å². The molecule has 4 rings (SSSR count). The lowest BCUT2D eigenvalue weighted by atomic mass is 10.1. The predicted molar refractivity (Wildman–Crippen MR) is 131 cm³/mol. The molecule has 178 valence electrons. The Bertz CT molecular complexity index is 1210. The molecule has 1 aromatic heterocycles. The summed E-state index contributed by atoms with van der Waals surface area (Å²) in [5.41, 5.74) is 3.27. The second-order valence-corrected chi connectivity index (χ2v) is 8.97. The largest absolute Gasteiger partial charge is 0.493 e. The summed E-state index contributed by atoms with van der Waals surface area (Å²) in [6, 6.07) is 11.2. The predicted octanol–water partition coefficient (Wildman–Crippen LogP) is 3.61. The van der Waals surface area contributed by atoms with Crippen molar-refractivity contribution >= 4 is 28.8 Å². The van der Waals surface area contributed by atoms with Crippen LogP contribution in [-0.2, 0) is 16.0 Å². The van der Waals surface area contributed by atoms with E-state index in [4.69, 9.17) is 14.2 Å². The molecule has 34 heavy (non-hydrogen) atoms. The third-order valence-electron chi connectivity index (χ3n) is 5.57. The normalized spacial score (nSPS) is 14.9. The summed E-state index contributed by atoms with van der Waals surface area (Å²) in [4.78, 5) is 31.6. The van der Waals surface area contributed by atoms with Gasteiger partial charge in [0.25, 0.3) is 5.91 Å². The molecule has 2 aromatic carbocycles. The summed E-state index contributed by atoms with van der Waals surface area (Å²) in [6.45, 7) is 3.96. The zero-order chi connectivity index (χ0) is 24.2. The molecule has 0 bridgehead atoms. The topological polar surface area (TPSA) is 90.0 Å². The number of methoxy groups -OCH3 is 2. The maximum Gasteiger partial charge on any atom is 0.268 e. The highest BCUT2D eigenvalue weighted by atomic mass is 32.1. The maximum absolute atomic E-state index is 12.9. The monoisotopic (exact) mass is 481 g/mol. The molecule has 1 aliphatic rings. The Balaban J connectivity index is 1.44. The minimum absolute atomic E-state index is 0.0922. The third kappa shape index (κ3) is 4.99. The van der Waals surface area contributed by atoms with Gasteiger partial charge in [0.1, 0.15) is 12.3 Å². The van der Waals surface area contributed by atoms with E-state index in [1.165, 1.54) is 4.90 Å². The molecular formula is C25H27N3O5S. The Labute approximate surface area is 202 Å². The Morgan fingerprint density at radius 2 is 1.97 bits per heavy atom. The smallest absolute Gasteiger partial charge is 0.268 e. The quantitative estimate of drug-likeness (QED) is 0.529. The molecule has 1 N–H and O–H groups in total. The van der Waals surface area contributed by atoms with Crippen molar-refractivity contribution in [2.24, 2.45) is 0 Å². The molecule has 0 spiro atoms. The molecule has 2 heterocycles. The standard InChI is InChI=1S/C25H27N3O5S/c1-15-25(30)28(20-12-18(6-8-21(20)33-15)19-14-34-16(2)27-19)13-24(29)26-10-9-17-5-7-22(31-3)23(11-17)32-4/h5-8,11-12,14-15H,9-10,13H2,1-4H3,(H,26,29). The molecule has 3 aromatic rings. The van der Waals surface area contributed by atoms with E-state index in [0.29, 0.717) is 35.9 Å². The van der Waals surface area contributed by atoms with Gasteiger partial charge in [-0.1, -0.05) is 6.07 Å². The molecule has 0 saturated heterocycles. The van der Waals surface area contributed by atoms with Crippen LogP contribution in [0.15, 0.2) is 41.8 Å². The molecule has 1 atom stereocenters. The molecule has 9 heteroatoms. The number of hydrogen-bond acceptors (Lipinski definition) is 7. The van der Waals surface area contributed by atoms with Gasteiger partial charge in [0, 0.05) is 17.5 Å². The van der Waals surface area contributed by atoms with Crippen molar-refractivity contribution in [3.63, 3.8) is 0 Å². The Kier molecular flexibility index (Phi) is 7.02. The highest BCUT2D eigenvalue weighted by Gasteiger charge is 2.33. The van der Waals surface area contributed by atoms with Gasteiger partial charge in [0.15, 0.2) is 17.6 Å². The molecule has 0 radical (unpaired) electrons. The zero-order valence-electron chi connectivity index (χ0n) is 19.6. The summed E-state index contributed by atoms with van der Waals surface area (Å²) < 4.78 is 16.4. The van der Waals surface area contributed by atoms with Gasteiger partial charge < -0.3 is 19.5 Å². The number of aromatic nitrogens is 1. The van der Waals surface area contributed by atoms with Crippen LogP contribution in [-0.4, -0.2) is 50.2 Å². The van der Waals surface area contributed by atoms with Gasteiger partial charge in [0.2, 0.25) is 5.91 Å².